The van der Waals surface area contributed by atoms with Crippen molar-refractivity contribution < 1.29 is 13.5 Å². The van der Waals surface area contributed by atoms with Gasteiger partial charge in [0.15, 0.2) is 0 Å². The molecule has 0 amide bonds. The molecule has 3 saturated heterocycles. The van der Waals surface area contributed by atoms with Crippen molar-refractivity contribution in [2.75, 3.05) is 13.1 Å². The van der Waals surface area contributed by atoms with Crippen LogP contribution >= 0.6 is 0 Å². The minimum Gasteiger partial charge on any atom is -0.371 e. The highest BCUT2D eigenvalue weighted by molar-refractivity contribution is 5.35. The molecule has 2 atom stereocenters. The summed E-state index contributed by atoms with van der Waals surface area (Å²) in [5, 5.41) is 0. The lowest BCUT2D eigenvalue weighted by atomic mass is 9.72. The maximum atomic E-state index is 14.2. The fourth-order valence-corrected chi connectivity index (χ4v) is 5.42. The minimum atomic E-state index is -0.433. The first-order valence-corrected chi connectivity index (χ1v) is 11.1. The van der Waals surface area contributed by atoms with E-state index in [1.54, 1.807) is 0 Å². The van der Waals surface area contributed by atoms with E-state index in [2.05, 4.69) is 53.4 Å². The second kappa shape index (κ2) is 8.89. The van der Waals surface area contributed by atoms with Gasteiger partial charge < -0.3 is 4.74 Å². The third-order valence-corrected chi connectivity index (χ3v) is 6.90. The van der Waals surface area contributed by atoms with Crippen molar-refractivity contribution in [1.29, 1.82) is 0 Å². The average molecular weight is 420 g/mol. The highest BCUT2D eigenvalue weighted by Gasteiger charge is 2.47. The van der Waals surface area contributed by atoms with Crippen LogP contribution in [0.15, 0.2) is 78.9 Å². The third kappa shape index (κ3) is 4.15. The zero-order valence-corrected chi connectivity index (χ0v) is 17.5. The van der Waals surface area contributed by atoms with Crippen LogP contribution in [-0.2, 0) is 11.3 Å². The molecular weight excluding hydrogens is 392 g/mol. The van der Waals surface area contributed by atoms with Gasteiger partial charge in [0.25, 0.3) is 0 Å². The summed E-state index contributed by atoms with van der Waals surface area (Å²) in [4.78, 5) is 2.54. The standard InChI is InChI=1S/C27H27F2NO/c28-23-11-12-24(29)22(17-23)18-31-27-21-13-15-30(16-14-21)26(27)25(19-7-3-1-4-8-19)20-9-5-2-6-10-20/h1-12,17,21,25-27H,13-16,18H2/t26-,27-/m1/s1. The van der Waals surface area contributed by atoms with Crippen molar-refractivity contribution >= 4 is 0 Å². The van der Waals surface area contributed by atoms with Crippen LogP contribution in [0.1, 0.15) is 35.4 Å². The summed E-state index contributed by atoms with van der Waals surface area (Å²) < 4.78 is 34.3. The van der Waals surface area contributed by atoms with Gasteiger partial charge in [0, 0.05) is 17.5 Å². The zero-order chi connectivity index (χ0) is 21.2. The Labute approximate surface area is 182 Å². The fourth-order valence-electron chi connectivity index (χ4n) is 5.42. The summed E-state index contributed by atoms with van der Waals surface area (Å²) in [6.45, 7) is 2.20. The Morgan fingerprint density at radius 1 is 0.839 bits per heavy atom. The van der Waals surface area contributed by atoms with E-state index in [1.165, 1.54) is 23.3 Å². The van der Waals surface area contributed by atoms with Gasteiger partial charge in [-0.2, -0.15) is 0 Å². The Balaban J connectivity index is 1.50. The van der Waals surface area contributed by atoms with E-state index in [0.29, 0.717) is 5.92 Å². The van der Waals surface area contributed by atoms with Crippen LogP contribution in [0.5, 0.6) is 0 Å². The fraction of sp³-hybridized carbons (Fsp3) is 0.333. The summed E-state index contributed by atoms with van der Waals surface area (Å²) in [7, 11) is 0. The molecule has 3 heterocycles. The summed E-state index contributed by atoms with van der Waals surface area (Å²) in [6.07, 6.45) is 2.14. The van der Waals surface area contributed by atoms with Gasteiger partial charge in [-0.05, 0) is 61.2 Å². The lowest BCUT2D eigenvalue weighted by Gasteiger charge is -2.53. The van der Waals surface area contributed by atoms with Crippen molar-refractivity contribution in [2.45, 2.75) is 37.5 Å². The topological polar surface area (TPSA) is 12.5 Å². The monoisotopic (exact) mass is 419 g/mol. The van der Waals surface area contributed by atoms with Crippen LogP contribution < -0.4 is 0 Å². The Kier molecular flexibility index (Phi) is 5.84. The highest BCUT2D eigenvalue weighted by atomic mass is 19.1. The molecule has 3 aromatic carbocycles. The van der Waals surface area contributed by atoms with Gasteiger partial charge in [0.1, 0.15) is 11.6 Å². The van der Waals surface area contributed by atoms with Crippen LogP contribution in [0.4, 0.5) is 8.78 Å². The van der Waals surface area contributed by atoms with E-state index in [-0.39, 0.29) is 30.2 Å². The quantitative estimate of drug-likeness (QED) is 0.502. The molecule has 3 aliphatic heterocycles. The number of fused-ring (bicyclic) bond motifs is 3. The van der Waals surface area contributed by atoms with Gasteiger partial charge in [-0.3, -0.25) is 4.90 Å². The van der Waals surface area contributed by atoms with Crippen LogP contribution in [0.3, 0.4) is 0 Å². The summed E-state index contributed by atoms with van der Waals surface area (Å²) >= 11 is 0. The number of halogens is 2. The number of nitrogens with zero attached hydrogens (tertiary/aromatic N) is 1. The van der Waals surface area contributed by atoms with Crippen molar-refractivity contribution in [3.05, 3.63) is 107 Å². The molecule has 0 radical (unpaired) electrons. The Bertz CT molecular complexity index is 963. The number of hydrogen-bond donors (Lipinski definition) is 0. The van der Waals surface area contributed by atoms with Gasteiger partial charge in [-0.15, -0.1) is 0 Å². The minimum absolute atomic E-state index is 0.0319. The molecule has 0 aromatic heterocycles. The lowest BCUT2D eigenvalue weighted by Crippen LogP contribution is -2.60. The summed E-state index contributed by atoms with van der Waals surface area (Å²) in [5.74, 6) is -0.256. The molecule has 0 N–H and O–H groups in total. The first-order valence-electron chi connectivity index (χ1n) is 11.1. The maximum Gasteiger partial charge on any atom is 0.128 e. The van der Waals surface area contributed by atoms with E-state index in [9.17, 15) is 8.78 Å². The van der Waals surface area contributed by atoms with Gasteiger partial charge in [0.2, 0.25) is 0 Å². The van der Waals surface area contributed by atoms with E-state index in [1.807, 2.05) is 12.1 Å². The smallest absolute Gasteiger partial charge is 0.128 e. The molecule has 3 fully saturated rings. The molecule has 0 aliphatic carbocycles. The molecule has 0 spiro atoms. The lowest BCUT2D eigenvalue weighted by molar-refractivity contribution is -0.120. The van der Waals surface area contributed by atoms with E-state index < -0.39 is 11.6 Å². The van der Waals surface area contributed by atoms with E-state index in [0.717, 1.165) is 32.0 Å². The van der Waals surface area contributed by atoms with Crippen LogP contribution in [0.2, 0.25) is 0 Å². The Hall–Kier alpha value is -2.56. The molecule has 3 aromatic rings. The molecule has 2 bridgehead atoms. The molecule has 3 aliphatic rings. The van der Waals surface area contributed by atoms with E-state index in [4.69, 9.17) is 4.74 Å². The first-order chi connectivity index (χ1) is 15.2. The summed E-state index contributed by atoms with van der Waals surface area (Å²) in [6, 6.07) is 24.9. The number of benzene rings is 3. The predicted molar refractivity (Wildman–Crippen MR) is 118 cm³/mol. The highest BCUT2D eigenvalue weighted by Crippen LogP contribution is 2.43. The number of piperidine rings is 3. The van der Waals surface area contributed by atoms with Crippen LogP contribution in [-0.4, -0.2) is 30.1 Å². The molecule has 4 heteroatoms. The maximum absolute atomic E-state index is 14.2. The molecule has 31 heavy (non-hydrogen) atoms. The van der Waals surface area contributed by atoms with Crippen molar-refractivity contribution in [3.63, 3.8) is 0 Å². The largest absolute Gasteiger partial charge is 0.371 e. The average Bonchev–Trinajstić information content (AvgIpc) is 2.82. The Morgan fingerprint density at radius 3 is 2.06 bits per heavy atom. The normalized spacial score (nSPS) is 25.1. The summed E-state index contributed by atoms with van der Waals surface area (Å²) in [5.41, 5.74) is 2.81. The molecule has 160 valence electrons. The zero-order valence-electron chi connectivity index (χ0n) is 17.5. The Morgan fingerprint density at radius 2 is 1.45 bits per heavy atom. The molecule has 2 nitrogen and oxygen atoms in total. The molecular formula is C27H27F2NO. The number of rotatable bonds is 6. The molecule has 0 saturated carbocycles. The number of hydrogen-bond acceptors (Lipinski definition) is 2. The van der Waals surface area contributed by atoms with Crippen molar-refractivity contribution in [1.82, 2.24) is 4.90 Å². The first kappa shape index (κ1) is 20.3. The second-order valence-corrected chi connectivity index (χ2v) is 8.67. The third-order valence-electron chi connectivity index (χ3n) is 6.90. The molecule has 6 rings (SSSR count). The van der Waals surface area contributed by atoms with Gasteiger partial charge in [-0.25, -0.2) is 8.78 Å². The SMILES string of the molecule is Fc1ccc(F)c(CO[C@@H]2C3CCN(CC3)[C@@H]2C(c2ccccc2)c2ccccc2)c1. The van der Waals surface area contributed by atoms with Crippen LogP contribution in [0.25, 0.3) is 0 Å². The van der Waals surface area contributed by atoms with Crippen molar-refractivity contribution in [2.24, 2.45) is 5.92 Å². The second-order valence-electron chi connectivity index (χ2n) is 8.67. The van der Waals surface area contributed by atoms with Crippen molar-refractivity contribution in [3.8, 4) is 0 Å². The van der Waals surface area contributed by atoms with Gasteiger partial charge >= 0.3 is 0 Å². The van der Waals surface area contributed by atoms with Crippen LogP contribution in [0, 0.1) is 17.6 Å². The molecule has 0 unspecified atom stereocenters. The van der Waals surface area contributed by atoms with Gasteiger partial charge in [0.05, 0.1) is 12.7 Å². The van der Waals surface area contributed by atoms with E-state index >= 15 is 0 Å². The predicted octanol–water partition coefficient (Wildman–Crippen LogP) is 5.78. The number of ether oxygens (including phenoxy) is 1. The van der Waals surface area contributed by atoms with Gasteiger partial charge in [-0.1, -0.05) is 60.7 Å².